The van der Waals surface area contributed by atoms with Crippen molar-refractivity contribution < 1.29 is 19.1 Å². The van der Waals surface area contributed by atoms with Crippen LogP contribution in [0, 0.1) is 0 Å². The number of nitrogens with one attached hydrogen (secondary N) is 1. The van der Waals surface area contributed by atoms with Crippen LogP contribution in [-0.4, -0.2) is 41.4 Å². The molecule has 1 aromatic carbocycles. The zero-order chi connectivity index (χ0) is 18.4. The number of amides is 2. The van der Waals surface area contributed by atoms with E-state index in [0.717, 1.165) is 28.1 Å². The summed E-state index contributed by atoms with van der Waals surface area (Å²) in [5.74, 6) is -1.19. The third-order valence-electron chi connectivity index (χ3n) is 5.44. The van der Waals surface area contributed by atoms with Crippen molar-refractivity contribution in [3.63, 3.8) is 0 Å². The van der Waals surface area contributed by atoms with Crippen LogP contribution in [0.15, 0.2) is 24.3 Å². The molecule has 2 amide bonds. The SMILES string of the molecule is O=C(Nc1nc2c(s1)COCC2)C(=O)N1CC[C@]2(C1)OCc1ccccc12. The second-order valence-corrected chi connectivity index (χ2v) is 8.15. The monoisotopic (exact) mass is 385 g/mol. The summed E-state index contributed by atoms with van der Waals surface area (Å²) in [6.07, 6.45) is 1.44. The highest BCUT2D eigenvalue weighted by Crippen LogP contribution is 2.43. The van der Waals surface area contributed by atoms with Crippen molar-refractivity contribution in [1.82, 2.24) is 9.88 Å². The number of carbonyl (C=O) groups is 2. The van der Waals surface area contributed by atoms with E-state index in [1.54, 1.807) is 4.90 Å². The molecule has 0 saturated carbocycles. The number of hydrogen-bond acceptors (Lipinski definition) is 6. The van der Waals surface area contributed by atoms with Gasteiger partial charge in [0.25, 0.3) is 0 Å². The van der Waals surface area contributed by atoms with Gasteiger partial charge < -0.3 is 14.4 Å². The summed E-state index contributed by atoms with van der Waals surface area (Å²) in [5, 5.41) is 3.11. The van der Waals surface area contributed by atoms with Crippen LogP contribution in [0.5, 0.6) is 0 Å². The van der Waals surface area contributed by atoms with E-state index >= 15 is 0 Å². The second-order valence-electron chi connectivity index (χ2n) is 7.06. The number of ether oxygens (including phenoxy) is 2. The number of anilines is 1. The van der Waals surface area contributed by atoms with Gasteiger partial charge in [0.1, 0.15) is 5.60 Å². The fourth-order valence-corrected chi connectivity index (χ4v) is 4.99. The van der Waals surface area contributed by atoms with Crippen LogP contribution in [-0.2, 0) is 44.3 Å². The Hall–Kier alpha value is -2.29. The molecule has 1 saturated heterocycles. The lowest BCUT2D eigenvalue weighted by Crippen LogP contribution is -2.40. The minimum absolute atomic E-state index is 0.401. The van der Waals surface area contributed by atoms with E-state index in [2.05, 4.69) is 22.4 Å². The minimum Gasteiger partial charge on any atom is -0.375 e. The topological polar surface area (TPSA) is 80.8 Å². The van der Waals surface area contributed by atoms with Crippen molar-refractivity contribution in [2.24, 2.45) is 0 Å². The fraction of sp³-hybridized carbons (Fsp3) is 0.421. The lowest BCUT2D eigenvalue weighted by atomic mass is 9.92. The molecular weight excluding hydrogens is 366 g/mol. The van der Waals surface area contributed by atoms with Gasteiger partial charge in [0.2, 0.25) is 0 Å². The standard InChI is InChI=1S/C19H19N3O4S/c23-16(21-18-20-14-5-8-25-10-15(14)27-18)17(24)22-7-6-19(11-22)13-4-2-1-3-12(13)9-26-19/h1-4H,5-11H2,(H,20,21,23)/t19-/m1/s1. The minimum atomic E-state index is -0.648. The van der Waals surface area contributed by atoms with Gasteiger partial charge in [0.15, 0.2) is 5.13 Å². The molecule has 0 aliphatic carbocycles. The summed E-state index contributed by atoms with van der Waals surface area (Å²) in [6.45, 7) is 2.61. The molecule has 7 nitrogen and oxygen atoms in total. The van der Waals surface area contributed by atoms with Gasteiger partial charge in [0, 0.05) is 13.0 Å². The largest absolute Gasteiger partial charge is 0.375 e. The Labute approximate surface area is 160 Å². The molecule has 0 unspecified atom stereocenters. The molecule has 1 spiro atoms. The number of rotatable bonds is 1. The molecule has 3 aliphatic rings. The van der Waals surface area contributed by atoms with Crippen molar-refractivity contribution >= 4 is 28.3 Å². The van der Waals surface area contributed by atoms with Crippen LogP contribution in [0.1, 0.15) is 28.1 Å². The van der Waals surface area contributed by atoms with E-state index in [1.807, 2.05) is 12.1 Å². The van der Waals surface area contributed by atoms with E-state index in [0.29, 0.717) is 44.5 Å². The number of benzene rings is 1. The van der Waals surface area contributed by atoms with E-state index in [4.69, 9.17) is 9.47 Å². The Morgan fingerprint density at radius 2 is 2.15 bits per heavy atom. The van der Waals surface area contributed by atoms with Crippen molar-refractivity contribution in [1.29, 1.82) is 0 Å². The summed E-state index contributed by atoms with van der Waals surface area (Å²) in [4.78, 5) is 32.1. The van der Waals surface area contributed by atoms with Crippen LogP contribution in [0.4, 0.5) is 5.13 Å². The van der Waals surface area contributed by atoms with Crippen molar-refractivity contribution in [3.8, 4) is 0 Å². The number of thiazole rings is 1. The molecule has 3 aliphatic heterocycles. The van der Waals surface area contributed by atoms with Crippen molar-refractivity contribution in [3.05, 3.63) is 46.0 Å². The number of nitrogens with zero attached hydrogens (tertiary/aromatic N) is 2. The van der Waals surface area contributed by atoms with Gasteiger partial charge in [-0.3, -0.25) is 14.9 Å². The fourth-order valence-electron chi connectivity index (χ4n) is 4.05. The van der Waals surface area contributed by atoms with E-state index < -0.39 is 17.4 Å². The Bertz CT molecular complexity index is 904. The number of carbonyl (C=O) groups excluding carboxylic acids is 2. The molecule has 0 bridgehead atoms. The molecule has 2 aromatic rings. The quantitative estimate of drug-likeness (QED) is 0.758. The number of hydrogen-bond donors (Lipinski definition) is 1. The molecule has 4 heterocycles. The lowest BCUT2D eigenvalue weighted by Gasteiger charge is -2.24. The van der Waals surface area contributed by atoms with Gasteiger partial charge in [-0.2, -0.15) is 0 Å². The first kappa shape index (κ1) is 16.9. The first-order valence-electron chi connectivity index (χ1n) is 9.04. The van der Waals surface area contributed by atoms with E-state index in [1.165, 1.54) is 11.3 Å². The summed E-state index contributed by atoms with van der Waals surface area (Å²) < 4.78 is 11.4. The first-order valence-corrected chi connectivity index (χ1v) is 9.85. The highest BCUT2D eigenvalue weighted by molar-refractivity contribution is 7.16. The maximum atomic E-state index is 12.7. The molecule has 5 rings (SSSR count). The molecule has 1 aromatic heterocycles. The summed E-state index contributed by atoms with van der Waals surface area (Å²) in [5.41, 5.74) is 2.76. The third-order valence-corrected chi connectivity index (χ3v) is 6.43. The first-order chi connectivity index (χ1) is 13.1. The van der Waals surface area contributed by atoms with Crippen LogP contribution < -0.4 is 5.32 Å². The van der Waals surface area contributed by atoms with Crippen LogP contribution >= 0.6 is 11.3 Å². The average Bonchev–Trinajstić information content (AvgIpc) is 3.39. The maximum Gasteiger partial charge on any atom is 0.315 e. The van der Waals surface area contributed by atoms with Gasteiger partial charge in [-0.25, -0.2) is 4.98 Å². The third kappa shape index (κ3) is 2.84. The Balaban J connectivity index is 1.28. The molecule has 140 valence electrons. The summed E-state index contributed by atoms with van der Waals surface area (Å²) >= 11 is 1.37. The lowest BCUT2D eigenvalue weighted by molar-refractivity contribution is -0.143. The van der Waals surface area contributed by atoms with E-state index in [-0.39, 0.29) is 0 Å². The molecule has 0 radical (unpaired) electrons. The predicted octanol–water partition coefficient (Wildman–Crippen LogP) is 1.81. The molecule has 1 N–H and O–H groups in total. The highest BCUT2D eigenvalue weighted by Gasteiger charge is 2.47. The molecular formula is C19H19N3O4S. The average molecular weight is 385 g/mol. The molecule has 1 fully saturated rings. The van der Waals surface area contributed by atoms with Crippen molar-refractivity contribution in [2.45, 2.75) is 31.7 Å². The second kappa shape index (κ2) is 6.40. The number of likely N-dealkylation sites (tertiary alicyclic amines) is 1. The normalized spacial score (nSPS) is 23.3. The summed E-state index contributed by atoms with van der Waals surface area (Å²) in [7, 11) is 0. The van der Waals surface area contributed by atoms with E-state index in [9.17, 15) is 9.59 Å². The highest BCUT2D eigenvalue weighted by atomic mass is 32.1. The molecule has 1 atom stereocenters. The zero-order valence-corrected chi connectivity index (χ0v) is 15.5. The Morgan fingerprint density at radius 3 is 3.04 bits per heavy atom. The van der Waals surface area contributed by atoms with Gasteiger partial charge >= 0.3 is 11.8 Å². The number of aromatic nitrogens is 1. The van der Waals surface area contributed by atoms with Crippen LogP contribution in [0.25, 0.3) is 0 Å². The summed E-state index contributed by atoms with van der Waals surface area (Å²) in [6, 6.07) is 8.08. The number of fused-ring (bicyclic) bond motifs is 3. The van der Waals surface area contributed by atoms with Crippen LogP contribution in [0.2, 0.25) is 0 Å². The van der Waals surface area contributed by atoms with Gasteiger partial charge in [-0.1, -0.05) is 35.6 Å². The Morgan fingerprint density at radius 1 is 1.26 bits per heavy atom. The maximum absolute atomic E-state index is 12.7. The Kier molecular flexibility index (Phi) is 3.99. The van der Waals surface area contributed by atoms with Gasteiger partial charge in [-0.05, 0) is 17.5 Å². The molecule has 8 heteroatoms. The zero-order valence-electron chi connectivity index (χ0n) is 14.7. The van der Waals surface area contributed by atoms with Gasteiger partial charge in [-0.15, -0.1) is 0 Å². The van der Waals surface area contributed by atoms with Crippen LogP contribution in [0.3, 0.4) is 0 Å². The van der Waals surface area contributed by atoms with Gasteiger partial charge in [0.05, 0.1) is 36.9 Å². The van der Waals surface area contributed by atoms with Crippen molar-refractivity contribution in [2.75, 3.05) is 25.0 Å². The smallest absolute Gasteiger partial charge is 0.315 e. The predicted molar refractivity (Wildman–Crippen MR) is 98.2 cm³/mol. The molecule has 27 heavy (non-hydrogen) atoms.